The molecule has 1 saturated heterocycles. The fourth-order valence-corrected chi connectivity index (χ4v) is 3.09. The van der Waals surface area contributed by atoms with Crippen LogP contribution in [-0.4, -0.2) is 33.7 Å². The molecule has 3 rings (SSSR count). The molecule has 0 aromatic carbocycles. The highest BCUT2D eigenvalue weighted by Crippen LogP contribution is 2.54. The number of aromatic nitrogens is 1. The van der Waals surface area contributed by atoms with Crippen LogP contribution in [0.15, 0.2) is 24.5 Å². The van der Waals surface area contributed by atoms with Gasteiger partial charge in [-0.15, -0.1) is 0 Å². The molecule has 1 spiro atoms. The molecule has 1 atom stereocenters. The van der Waals surface area contributed by atoms with Crippen LogP contribution in [0.4, 0.5) is 4.79 Å². The fourth-order valence-electron chi connectivity index (χ4n) is 3.09. The molecular formula is C16H22N2O2. The van der Waals surface area contributed by atoms with Crippen LogP contribution < -0.4 is 0 Å². The molecule has 20 heavy (non-hydrogen) atoms. The molecule has 1 aliphatic carbocycles. The number of carbonyl (C=O) groups excluding carboxylic acids is 1. The average Bonchev–Trinajstić information content (AvgIpc) is 3.01. The second-order valence-electron chi connectivity index (χ2n) is 7.00. The molecule has 4 nitrogen and oxygen atoms in total. The number of rotatable bonds is 1. The Morgan fingerprint density at radius 1 is 1.45 bits per heavy atom. The van der Waals surface area contributed by atoms with E-state index in [4.69, 9.17) is 4.74 Å². The van der Waals surface area contributed by atoms with Gasteiger partial charge in [0.15, 0.2) is 0 Å². The molecular weight excluding hydrogens is 252 g/mol. The maximum absolute atomic E-state index is 12.4. The zero-order chi connectivity index (χ0) is 14.4. The second kappa shape index (κ2) is 4.47. The van der Waals surface area contributed by atoms with E-state index in [1.165, 1.54) is 5.56 Å². The van der Waals surface area contributed by atoms with Crippen LogP contribution >= 0.6 is 0 Å². The molecule has 1 aromatic heterocycles. The molecule has 0 bridgehead atoms. The van der Waals surface area contributed by atoms with Gasteiger partial charge in [0, 0.05) is 30.4 Å². The SMILES string of the molecule is CC(C)(C)OC(=O)N1C[C@H](c2cccnc2)CC12CC2. The molecule has 0 radical (unpaired) electrons. The highest BCUT2D eigenvalue weighted by molar-refractivity contribution is 5.70. The number of hydrogen-bond donors (Lipinski definition) is 0. The van der Waals surface area contributed by atoms with Crippen LogP contribution in [-0.2, 0) is 4.74 Å². The maximum Gasteiger partial charge on any atom is 0.410 e. The van der Waals surface area contributed by atoms with E-state index in [9.17, 15) is 4.79 Å². The van der Waals surface area contributed by atoms with Crippen molar-refractivity contribution in [3.63, 3.8) is 0 Å². The molecule has 1 saturated carbocycles. The van der Waals surface area contributed by atoms with Crippen molar-refractivity contribution in [1.82, 2.24) is 9.88 Å². The highest BCUT2D eigenvalue weighted by atomic mass is 16.6. The van der Waals surface area contributed by atoms with Gasteiger partial charge in [-0.05, 0) is 51.7 Å². The van der Waals surface area contributed by atoms with Gasteiger partial charge in [0.05, 0.1) is 0 Å². The summed E-state index contributed by atoms with van der Waals surface area (Å²) in [5.74, 6) is 0.388. The molecule has 108 valence electrons. The summed E-state index contributed by atoms with van der Waals surface area (Å²) < 4.78 is 5.55. The number of carbonyl (C=O) groups is 1. The number of pyridine rings is 1. The number of nitrogens with zero attached hydrogens (tertiary/aromatic N) is 2. The molecule has 4 heteroatoms. The average molecular weight is 274 g/mol. The number of amides is 1. The molecule has 1 aliphatic heterocycles. The van der Waals surface area contributed by atoms with E-state index in [0.717, 1.165) is 25.8 Å². The van der Waals surface area contributed by atoms with Gasteiger partial charge >= 0.3 is 6.09 Å². The van der Waals surface area contributed by atoms with E-state index in [1.54, 1.807) is 6.20 Å². The first-order valence-electron chi connectivity index (χ1n) is 7.30. The number of ether oxygens (including phenoxy) is 1. The van der Waals surface area contributed by atoms with Gasteiger partial charge in [0.1, 0.15) is 5.60 Å². The van der Waals surface area contributed by atoms with Gasteiger partial charge in [-0.1, -0.05) is 6.07 Å². The van der Waals surface area contributed by atoms with Crippen molar-refractivity contribution >= 4 is 6.09 Å². The normalized spacial score (nSPS) is 23.9. The van der Waals surface area contributed by atoms with Crippen molar-refractivity contribution in [2.75, 3.05) is 6.54 Å². The third kappa shape index (κ3) is 2.51. The monoisotopic (exact) mass is 274 g/mol. The summed E-state index contributed by atoms with van der Waals surface area (Å²) in [5, 5.41) is 0. The lowest BCUT2D eigenvalue weighted by atomic mass is 9.97. The highest BCUT2D eigenvalue weighted by Gasteiger charge is 2.57. The minimum absolute atomic E-state index is 0.0584. The summed E-state index contributed by atoms with van der Waals surface area (Å²) in [6, 6.07) is 4.07. The molecule has 0 unspecified atom stereocenters. The number of likely N-dealkylation sites (tertiary alicyclic amines) is 1. The van der Waals surface area contributed by atoms with E-state index in [-0.39, 0.29) is 11.6 Å². The Bertz CT molecular complexity index is 503. The van der Waals surface area contributed by atoms with Crippen molar-refractivity contribution in [3.8, 4) is 0 Å². The molecule has 2 fully saturated rings. The van der Waals surface area contributed by atoms with E-state index in [2.05, 4.69) is 11.1 Å². The lowest BCUT2D eigenvalue weighted by Crippen LogP contribution is -2.41. The molecule has 2 aliphatic rings. The molecule has 1 amide bonds. The van der Waals surface area contributed by atoms with E-state index in [0.29, 0.717) is 5.92 Å². The van der Waals surface area contributed by atoms with Crippen LogP contribution in [0.5, 0.6) is 0 Å². The Morgan fingerprint density at radius 2 is 2.20 bits per heavy atom. The van der Waals surface area contributed by atoms with Crippen molar-refractivity contribution in [3.05, 3.63) is 30.1 Å². The zero-order valence-corrected chi connectivity index (χ0v) is 12.4. The first-order chi connectivity index (χ1) is 9.40. The summed E-state index contributed by atoms with van der Waals surface area (Å²) >= 11 is 0. The largest absolute Gasteiger partial charge is 0.444 e. The molecule has 0 N–H and O–H groups in total. The van der Waals surface area contributed by atoms with Gasteiger partial charge in [-0.2, -0.15) is 0 Å². The van der Waals surface area contributed by atoms with Crippen LogP contribution in [0, 0.1) is 0 Å². The van der Waals surface area contributed by atoms with Gasteiger partial charge in [0.25, 0.3) is 0 Å². The first kappa shape index (κ1) is 13.4. The van der Waals surface area contributed by atoms with Crippen LogP contribution in [0.25, 0.3) is 0 Å². The fraction of sp³-hybridized carbons (Fsp3) is 0.625. The summed E-state index contributed by atoms with van der Waals surface area (Å²) in [4.78, 5) is 18.5. The van der Waals surface area contributed by atoms with Gasteiger partial charge in [-0.3, -0.25) is 4.98 Å². The Hall–Kier alpha value is -1.58. The smallest absolute Gasteiger partial charge is 0.410 e. The van der Waals surface area contributed by atoms with Crippen molar-refractivity contribution in [2.45, 2.75) is 57.1 Å². The van der Waals surface area contributed by atoms with Crippen LogP contribution in [0.2, 0.25) is 0 Å². The minimum atomic E-state index is -0.431. The summed E-state index contributed by atoms with van der Waals surface area (Å²) in [5.41, 5.74) is 0.854. The summed E-state index contributed by atoms with van der Waals surface area (Å²) in [7, 11) is 0. The minimum Gasteiger partial charge on any atom is -0.444 e. The van der Waals surface area contributed by atoms with Crippen molar-refractivity contribution in [1.29, 1.82) is 0 Å². The topological polar surface area (TPSA) is 42.4 Å². The quantitative estimate of drug-likeness (QED) is 0.788. The van der Waals surface area contributed by atoms with Gasteiger partial charge in [-0.25, -0.2) is 4.79 Å². The third-order valence-corrected chi connectivity index (χ3v) is 4.20. The summed E-state index contributed by atoms with van der Waals surface area (Å²) in [6.45, 7) is 6.50. The molecule has 1 aromatic rings. The van der Waals surface area contributed by atoms with Crippen LogP contribution in [0.3, 0.4) is 0 Å². The van der Waals surface area contributed by atoms with E-state index < -0.39 is 5.60 Å². The van der Waals surface area contributed by atoms with Crippen molar-refractivity contribution in [2.24, 2.45) is 0 Å². The Morgan fingerprint density at radius 3 is 2.75 bits per heavy atom. The predicted molar refractivity (Wildman–Crippen MR) is 76.5 cm³/mol. The third-order valence-electron chi connectivity index (χ3n) is 4.20. The maximum atomic E-state index is 12.4. The second-order valence-corrected chi connectivity index (χ2v) is 7.00. The zero-order valence-electron chi connectivity index (χ0n) is 12.4. The Labute approximate surface area is 120 Å². The lowest BCUT2D eigenvalue weighted by molar-refractivity contribution is 0.0202. The van der Waals surface area contributed by atoms with Crippen molar-refractivity contribution < 1.29 is 9.53 Å². The van der Waals surface area contributed by atoms with Crippen LogP contribution in [0.1, 0.15) is 51.5 Å². The molecule has 2 heterocycles. The number of hydrogen-bond acceptors (Lipinski definition) is 3. The Balaban J connectivity index is 1.75. The van der Waals surface area contributed by atoms with Gasteiger partial charge in [0.2, 0.25) is 0 Å². The van der Waals surface area contributed by atoms with E-state index >= 15 is 0 Å². The standard InChI is InChI=1S/C16H22N2O2/c1-15(2,3)20-14(19)18-11-13(9-16(18)6-7-16)12-5-4-8-17-10-12/h4-5,8,10,13H,6-7,9,11H2,1-3H3/t13-/m1/s1. The first-order valence-corrected chi connectivity index (χ1v) is 7.30. The predicted octanol–water partition coefficient (Wildman–Crippen LogP) is 3.34. The summed E-state index contributed by atoms with van der Waals surface area (Å²) in [6.07, 6.45) is 6.78. The Kier molecular flexibility index (Phi) is 3.00. The lowest BCUT2D eigenvalue weighted by Gasteiger charge is -2.28. The van der Waals surface area contributed by atoms with E-state index in [1.807, 2.05) is 37.9 Å². The van der Waals surface area contributed by atoms with Gasteiger partial charge < -0.3 is 9.64 Å².